The minimum Gasteiger partial charge on any atom is -0.375 e. The predicted molar refractivity (Wildman–Crippen MR) is 80.1 cm³/mol. The first-order valence-corrected chi connectivity index (χ1v) is 9.30. The first kappa shape index (κ1) is 15.4. The van der Waals surface area contributed by atoms with Crippen molar-refractivity contribution in [3.8, 4) is 0 Å². The molecule has 2 atom stereocenters. The fraction of sp³-hybridized carbons (Fsp3) is 0.667. The van der Waals surface area contributed by atoms with Gasteiger partial charge < -0.3 is 4.74 Å². The van der Waals surface area contributed by atoms with E-state index in [1.165, 1.54) is 11.3 Å². The number of hydrogen-bond acceptors (Lipinski definition) is 4. The van der Waals surface area contributed by atoms with Gasteiger partial charge in [0.15, 0.2) is 0 Å². The Bertz CT molecular complexity index is 555. The number of rotatable bonds is 3. The lowest BCUT2D eigenvalue weighted by Gasteiger charge is -2.37. The second-order valence-electron chi connectivity index (χ2n) is 4.75. The van der Waals surface area contributed by atoms with Gasteiger partial charge in [-0.05, 0) is 42.3 Å². The van der Waals surface area contributed by atoms with Crippen molar-refractivity contribution in [2.45, 2.75) is 44.2 Å². The SMILES string of the molecule is CCC1COC(C)CN1S(=O)(=O)c1cc(Br)sc1C. The molecule has 0 radical (unpaired) electrons. The van der Waals surface area contributed by atoms with Gasteiger partial charge in [-0.1, -0.05) is 6.92 Å². The van der Waals surface area contributed by atoms with Gasteiger partial charge in [0, 0.05) is 17.5 Å². The normalized spacial score (nSPS) is 25.7. The molecule has 19 heavy (non-hydrogen) atoms. The lowest BCUT2D eigenvalue weighted by atomic mass is 10.2. The maximum absolute atomic E-state index is 12.8. The fourth-order valence-electron chi connectivity index (χ4n) is 2.24. The first-order chi connectivity index (χ1) is 8.86. The second-order valence-corrected chi connectivity index (χ2v) is 9.25. The Balaban J connectivity index is 2.39. The van der Waals surface area contributed by atoms with Crippen molar-refractivity contribution in [1.29, 1.82) is 0 Å². The van der Waals surface area contributed by atoms with Crippen LogP contribution in [0.1, 0.15) is 25.1 Å². The van der Waals surface area contributed by atoms with Gasteiger partial charge in [-0.25, -0.2) is 8.42 Å². The molecule has 0 aromatic carbocycles. The molecule has 4 nitrogen and oxygen atoms in total. The molecule has 1 fully saturated rings. The number of ether oxygens (including phenoxy) is 1. The van der Waals surface area contributed by atoms with Crippen molar-refractivity contribution in [1.82, 2.24) is 4.31 Å². The quantitative estimate of drug-likeness (QED) is 0.824. The van der Waals surface area contributed by atoms with Crippen LogP contribution in [0.2, 0.25) is 0 Å². The van der Waals surface area contributed by atoms with Crippen molar-refractivity contribution in [3.05, 3.63) is 14.7 Å². The van der Waals surface area contributed by atoms with E-state index in [2.05, 4.69) is 15.9 Å². The maximum atomic E-state index is 12.8. The van der Waals surface area contributed by atoms with Gasteiger partial charge in [0.25, 0.3) is 0 Å². The zero-order valence-electron chi connectivity index (χ0n) is 11.2. The van der Waals surface area contributed by atoms with Gasteiger partial charge in [0.05, 0.1) is 21.4 Å². The van der Waals surface area contributed by atoms with Gasteiger partial charge >= 0.3 is 0 Å². The molecule has 1 aromatic rings. The Morgan fingerprint density at radius 1 is 1.58 bits per heavy atom. The molecule has 0 amide bonds. The molecule has 7 heteroatoms. The zero-order valence-corrected chi connectivity index (χ0v) is 14.4. The molecule has 0 bridgehead atoms. The Labute approximate surface area is 126 Å². The molecule has 1 aliphatic heterocycles. The number of aryl methyl sites for hydroxylation is 1. The van der Waals surface area contributed by atoms with E-state index in [-0.39, 0.29) is 12.1 Å². The fourth-order valence-corrected chi connectivity index (χ4v) is 6.39. The number of morpholine rings is 1. The van der Waals surface area contributed by atoms with Crippen molar-refractivity contribution < 1.29 is 13.2 Å². The summed E-state index contributed by atoms with van der Waals surface area (Å²) in [6, 6.07) is 1.63. The zero-order chi connectivity index (χ0) is 14.2. The summed E-state index contributed by atoms with van der Waals surface area (Å²) in [6.07, 6.45) is 0.705. The third-order valence-electron chi connectivity index (χ3n) is 3.32. The molecule has 108 valence electrons. The van der Waals surface area contributed by atoms with Crippen LogP contribution in [0.5, 0.6) is 0 Å². The van der Waals surface area contributed by atoms with Crippen LogP contribution in [-0.4, -0.2) is 38.0 Å². The topological polar surface area (TPSA) is 46.6 Å². The van der Waals surface area contributed by atoms with Gasteiger partial charge in [-0.15, -0.1) is 11.3 Å². The molecule has 1 aliphatic rings. The molecule has 0 saturated carbocycles. The molecule has 0 N–H and O–H groups in total. The average molecular weight is 368 g/mol. The predicted octanol–water partition coefficient (Wildman–Crippen LogP) is 3.01. The van der Waals surface area contributed by atoms with E-state index in [9.17, 15) is 8.42 Å². The van der Waals surface area contributed by atoms with Crippen molar-refractivity contribution in [2.75, 3.05) is 13.2 Å². The first-order valence-electron chi connectivity index (χ1n) is 6.25. The van der Waals surface area contributed by atoms with E-state index in [4.69, 9.17) is 4.74 Å². The van der Waals surface area contributed by atoms with Crippen LogP contribution >= 0.6 is 27.3 Å². The molecular formula is C12H18BrNO3S2. The van der Waals surface area contributed by atoms with E-state index in [0.29, 0.717) is 18.0 Å². The van der Waals surface area contributed by atoms with Gasteiger partial charge in [0.1, 0.15) is 0 Å². The lowest BCUT2D eigenvalue weighted by molar-refractivity contribution is -0.0230. The van der Waals surface area contributed by atoms with Crippen LogP contribution in [0.3, 0.4) is 0 Å². The summed E-state index contributed by atoms with van der Waals surface area (Å²) in [7, 11) is -3.43. The van der Waals surface area contributed by atoms with Crippen molar-refractivity contribution in [3.63, 3.8) is 0 Å². The number of hydrogen-bond donors (Lipinski definition) is 0. The molecule has 0 aliphatic carbocycles. The van der Waals surface area contributed by atoms with Gasteiger partial charge in [0.2, 0.25) is 10.0 Å². The number of nitrogens with zero attached hydrogens (tertiary/aromatic N) is 1. The summed E-state index contributed by atoms with van der Waals surface area (Å²) in [5, 5.41) is 0. The van der Waals surface area contributed by atoms with E-state index < -0.39 is 10.0 Å². The Morgan fingerprint density at radius 3 is 2.79 bits per heavy atom. The molecule has 0 spiro atoms. The summed E-state index contributed by atoms with van der Waals surface area (Å²) in [6.45, 7) is 6.63. The Morgan fingerprint density at radius 2 is 2.26 bits per heavy atom. The van der Waals surface area contributed by atoms with Crippen LogP contribution in [0.15, 0.2) is 14.7 Å². The van der Waals surface area contributed by atoms with Crippen molar-refractivity contribution in [2.24, 2.45) is 0 Å². The highest BCUT2D eigenvalue weighted by Crippen LogP contribution is 2.33. The van der Waals surface area contributed by atoms with E-state index in [1.807, 2.05) is 20.8 Å². The second kappa shape index (κ2) is 5.81. The summed E-state index contributed by atoms with van der Waals surface area (Å²) in [4.78, 5) is 1.23. The van der Waals surface area contributed by atoms with Crippen LogP contribution in [-0.2, 0) is 14.8 Å². The lowest BCUT2D eigenvalue weighted by Crippen LogP contribution is -2.51. The largest absolute Gasteiger partial charge is 0.375 e. The van der Waals surface area contributed by atoms with E-state index >= 15 is 0 Å². The number of halogens is 1. The van der Waals surface area contributed by atoms with Crippen LogP contribution in [0.25, 0.3) is 0 Å². The minimum absolute atomic E-state index is 0.0556. The molecule has 2 heterocycles. The Kier molecular flexibility index (Phi) is 4.72. The monoisotopic (exact) mass is 367 g/mol. The third-order valence-corrected chi connectivity index (χ3v) is 7.04. The smallest absolute Gasteiger partial charge is 0.244 e. The molecule has 2 unspecified atom stereocenters. The summed E-state index contributed by atoms with van der Waals surface area (Å²) >= 11 is 4.80. The molecule has 2 rings (SSSR count). The van der Waals surface area contributed by atoms with Crippen molar-refractivity contribution >= 4 is 37.3 Å². The number of thiophene rings is 1. The van der Waals surface area contributed by atoms with E-state index in [0.717, 1.165) is 15.1 Å². The van der Waals surface area contributed by atoms with E-state index in [1.54, 1.807) is 10.4 Å². The van der Waals surface area contributed by atoms with Crippen LogP contribution in [0, 0.1) is 6.92 Å². The maximum Gasteiger partial charge on any atom is 0.244 e. The van der Waals surface area contributed by atoms with Gasteiger partial charge in [-0.3, -0.25) is 0 Å². The Hall–Kier alpha value is 0.0500. The summed E-state index contributed by atoms with van der Waals surface area (Å²) < 4.78 is 33.6. The molecule has 1 aromatic heterocycles. The van der Waals surface area contributed by atoms with Gasteiger partial charge in [-0.2, -0.15) is 4.31 Å². The standard InChI is InChI=1S/C12H18BrNO3S2/c1-4-10-7-17-8(2)6-14(10)19(15,16)11-5-12(13)18-9(11)3/h5,8,10H,4,6-7H2,1-3H3. The summed E-state index contributed by atoms with van der Waals surface area (Å²) in [5.41, 5.74) is 0. The highest BCUT2D eigenvalue weighted by atomic mass is 79.9. The minimum atomic E-state index is -3.43. The highest BCUT2D eigenvalue weighted by molar-refractivity contribution is 9.11. The molecule has 1 saturated heterocycles. The summed E-state index contributed by atoms with van der Waals surface area (Å²) in [5.74, 6) is 0. The molecular weight excluding hydrogens is 350 g/mol. The van der Waals surface area contributed by atoms with Crippen LogP contribution < -0.4 is 0 Å². The number of sulfonamides is 1. The van der Waals surface area contributed by atoms with Crippen LogP contribution in [0.4, 0.5) is 0 Å². The average Bonchev–Trinajstić information content (AvgIpc) is 2.69. The highest BCUT2D eigenvalue weighted by Gasteiger charge is 2.36. The third kappa shape index (κ3) is 3.05.